The zero-order valence-corrected chi connectivity index (χ0v) is 16.5. The van der Waals surface area contributed by atoms with Gasteiger partial charge in [-0.25, -0.2) is 9.97 Å². The van der Waals surface area contributed by atoms with Crippen LogP contribution < -0.4 is 10.1 Å². The Bertz CT molecular complexity index is 1300. The monoisotopic (exact) mass is 393 g/mol. The molecule has 1 aliphatic heterocycles. The van der Waals surface area contributed by atoms with Crippen LogP contribution >= 0.6 is 0 Å². The lowest BCUT2D eigenvalue weighted by molar-refractivity contribution is 0.415. The summed E-state index contributed by atoms with van der Waals surface area (Å²) in [5.41, 5.74) is 7.06. The zero-order valence-electron chi connectivity index (χ0n) is 16.5. The highest BCUT2D eigenvalue weighted by atomic mass is 16.5. The lowest BCUT2D eigenvalue weighted by atomic mass is 10.1. The number of nitrogens with one attached hydrogen (secondary N) is 1. The van der Waals surface area contributed by atoms with E-state index in [1.807, 2.05) is 60.8 Å². The molecule has 0 atom stereocenters. The van der Waals surface area contributed by atoms with Crippen LogP contribution in [0.15, 0.2) is 67.1 Å². The van der Waals surface area contributed by atoms with Crippen molar-refractivity contribution in [3.8, 4) is 23.1 Å². The largest absolute Gasteiger partial charge is 0.497 e. The van der Waals surface area contributed by atoms with Crippen LogP contribution in [0.3, 0.4) is 0 Å². The number of benzene rings is 2. The van der Waals surface area contributed by atoms with Gasteiger partial charge in [0.2, 0.25) is 0 Å². The van der Waals surface area contributed by atoms with Crippen LogP contribution in [0, 0.1) is 11.3 Å². The molecule has 0 unspecified atom stereocenters. The highest BCUT2D eigenvalue weighted by molar-refractivity contribution is 5.98. The standard InChI is InChI=1S/C24H19N5O/c1-30-19-9-7-18(8-10-19)26-14-17-11-12-29-23(17)20(13-25)22-24(29)21(27-15-28-22)16-5-3-2-4-6-16/h2-10,14-15,26H,11-12H2,1H3/b17-14-. The Hall–Kier alpha value is -4.11. The predicted octanol–water partition coefficient (Wildman–Crippen LogP) is 4.84. The van der Waals surface area contributed by atoms with E-state index in [-0.39, 0.29) is 0 Å². The molecular formula is C24H19N5O. The minimum atomic E-state index is 0.602. The van der Waals surface area contributed by atoms with Gasteiger partial charge in [-0.1, -0.05) is 30.3 Å². The number of ether oxygens (including phenoxy) is 1. The van der Waals surface area contributed by atoms with Gasteiger partial charge in [0.15, 0.2) is 0 Å². The molecule has 146 valence electrons. The van der Waals surface area contributed by atoms with Crippen molar-refractivity contribution < 1.29 is 4.74 Å². The molecular weight excluding hydrogens is 374 g/mol. The number of rotatable bonds is 4. The number of aromatic nitrogens is 3. The third kappa shape index (κ3) is 2.88. The summed E-state index contributed by atoms with van der Waals surface area (Å²) in [5.74, 6) is 0.813. The second-order valence-electron chi connectivity index (χ2n) is 7.06. The summed E-state index contributed by atoms with van der Waals surface area (Å²) in [6.07, 6.45) is 4.36. The van der Waals surface area contributed by atoms with Crippen LogP contribution in [0.2, 0.25) is 0 Å². The van der Waals surface area contributed by atoms with Gasteiger partial charge < -0.3 is 14.6 Å². The summed E-state index contributed by atoms with van der Waals surface area (Å²) in [7, 11) is 1.65. The second kappa shape index (κ2) is 7.37. The van der Waals surface area contributed by atoms with Crippen molar-refractivity contribution >= 4 is 22.3 Å². The Morgan fingerprint density at radius 1 is 1.10 bits per heavy atom. The van der Waals surface area contributed by atoms with Crippen LogP contribution in [-0.2, 0) is 6.54 Å². The van der Waals surface area contributed by atoms with Crippen LogP contribution in [-0.4, -0.2) is 21.6 Å². The van der Waals surface area contributed by atoms with Crippen LogP contribution in [0.25, 0.3) is 27.9 Å². The van der Waals surface area contributed by atoms with E-state index in [4.69, 9.17) is 4.74 Å². The predicted molar refractivity (Wildman–Crippen MR) is 117 cm³/mol. The third-order valence-corrected chi connectivity index (χ3v) is 5.41. The number of nitrogens with zero attached hydrogens (tertiary/aromatic N) is 4. The van der Waals surface area contributed by atoms with Gasteiger partial charge in [-0.05, 0) is 36.3 Å². The number of nitriles is 1. The van der Waals surface area contributed by atoms with E-state index in [0.29, 0.717) is 11.1 Å². The lowest BCUT2D eigenvalue weighted by Crippen LogP contribution is -1.96. The van der Waals surface area contributed by atoms with Crippen molar-refractivity contribution in [3.63, 3.8) is 0 Å². The van der Waals surface area contributed by atoms with Crippen molar-refractivity contribution in [2.45, 2.75) is 13.0 Å². The van der Waals surface area contributed by atoms with E-state index in [1.165, 1.54) is 0 Å². The van der Waals surface area contributed by atoms with Crippen LogP contribution in [0.1, 0.15) is 17.7 Å². The minimum Gasteiger partial charge on any atom is -0.497 e. The van der Waals surface area contributed by atoms with Gasteiger partial charge in [-0.2, -0.15) is 5.26 Å². The Morgan fingerprint density at radius 3 is 2.63 bits per heavy atom. The molecule has 1 aliphatic rings. The van der Waals surface area contributed by atoms with Gasteiger partial charge in [0.1, 0.15) is 29.2 Å². The quantitative estimate of drug-likeness (QED) is 0.537. The minimum absolute atomic E-state index is 0.602. The lowest BCUT2D eigenvalue weighted by Gasteiger charge is -2.06. The fraction of sp³-hybridized carbons (Fsp3) is 0.125. The molecule has 0 spiro atoms. The van der Waals surface area contributed by atoms with Crippen molar-refractivity contribution in [2.75, 3.05) is 12.4 Å². The number of hydrogen-bond acceptors (Lipinski definition) is 5. The molecule has 2 aromatic carbocycles. The Labute approximate surface area is 174 Å². The molecule has 1 N–H and O–H groups in total. The first-order valence-corrected chi connectivity index (χ1v) is 9.73. The van der Waals surface area contributed by atoms with E-state index in [1.54, 1.807) is 13.4 Å². The summed E-state index contributed by atoms with van der Waals surface area (Å²) in [6, 6.07) is 20.2. The maximum atomic E-state index is 9.93. The topological polar surface area (TPSA) is 75.8 Å². The summed E-state index contributed by atoms with van der Waals surface area (Å²) >= 11 is 0. The first-order chi connectivity index (χ1) is 14.8. The van der Waals surface area contributed by atoms with Gasteiger partial charge in [-0.15, -0.1) is 0 Å². The number of methoxy groups -OCH3 is 1. The Balaban J connectivity index is 1.61. The molecule has 4 aromatic rings. The fourth-order valence-corrected chi connectivity index (χ4v) is 4.00. The molecule has 6 nitrogen and oxygen atoms in total. The summed E-state index contributed by atoms with van der Waals surface area (Å²) < 4.78 is 7.39. The fourth-order valence-electron chi connectivity index (χ4n) is 4.00. The summed E-state index contributed by atoms with van der Waals surface area (Å²) in [4.78, 5) is 9.01. The maximum Gasteiger partial charge on any atom is 0.119 e. The number of aryl methyl sites for hydroxylation is 1. The molecule has 0 radical (unpaired) electrons. The van der Waals surface area contributed by atoms with E-state index in [9.17, 15) is 5.26 Å². The van der Waals surface area contributed by atoms with Gasteiger partial charge in [0.25, 0.3) is 0 Å². The molecule has 0 saturated carbocycles. The molecule has 2 aromatic heterocycles. The number of anilines is 1. The van der Waals surface area contributed by atoms with Crippen molar-refractivity contribution in [1.29, 1.82) is 5.26 Å². The van der Waals surface area contributed by atoms with E-state index in [0.717, 1.165) is 52.4 Å². The highest BCUT2D eigenvalue weighted by Gasteiger charge is 2.28. The SMILES string of the molecule is COc1ccc(N/C=C2/CCn3c2c(C#N)c2ncnc(-c4ccccc4)c23)cc1. The average molecular weight is 393 g/mol. The molecule has 0 saturated heterocycles. The second-order valence-corrected chi connectivity index (χ2v) is 7.06. The van der Waals surface area contributed by atoms with Gasteiger partial charge in [-0.3, -0.25) is 0 Å². The first-order valence-electron chi connectivity index (χ1n) is 9.73. The summed E-state index contributed by atoms with van der Waals surface area (Å²) in [6.45, 7) is 0.789. The van der Waals surface area contributed by atoms with Gasteiger partial charge >= 0.3 is 0 Å². The van der Waals surface area contributed by atoms with Crippen molar-refractivity contribution in [3.05, 3.63) is 78.4 Å². The van der Waals surface area contributed by atoms with Crippen molar-refractivity contribution in [1.82, 2.24) is 14.5 Å². The molecule has 0 aliphatic carbocycles. The van der Waals surface area contributed by atoms with E-state index >= 15 is 0 Å². The Morgan fingerprint density at radius 2 is 1.90 bits per heavy atom. The molecule has 0 fully saturated rings. The third-order valence-electron chi connectivity index (χ3n) is 5.41. The maximum absolute atomic E-state index is 9.93. The summed E-state index contributed by atoms with van der Waals surface area (Å²) in [5, 5.41) is 13.3. The van der Waals surface area contributed by atoms with Gasteiger partial charge in [0, 0.05) is 24.0 Å². The average Bonchev–Trinajstić information content (AvgIpc) is 3.36. The normalized spacial score (nSPS) is 13.9. The first kappa shape index (κ1) is 18.0. The number of allylic oxidation sites excluding steroid dienone is 1. The highest BCUT2D eigenvalue weighted by Crippen LogP contribution is 2.39. The van der Waals surface area contributed by atoms with Crippen molar-refractivity contribution in [2.24, 2.45) is 0 Å². The van der Waals surface area contributed by atoms with Crippen LogP contribution in [0.5, 0.6) is 5.75 Å². The molecule has 5 rings (SSSR count). The van der Waals surface area contributed by atoms with Crippen LogP contribution in [0.4, 0.5) is 5.69 Å². The number of hydrogen-bond donors (Lipinski definition) is 1. The van der Waals surface area contributed by atoms with Gasteiger partial charge in [0.05, 0.1) is 24.0 Å². The smallest absolute Gasteiger partial charge is 0.119 e. The number of fused-ring (bicyclic) bond motifs is 3. The zero-order chi connectivity index (χ0) is 20.5. The Kier molecular flexibility index (Phi) is 4.41. The molecule has 30 heavy (non-hydrogen) atoms. The molecule has 3 heterocycles. The van der Waals surface area contributed by atoms with E-state index < -0.39 is 0 Å². The molecule has 0 bridgehead atoms. The van der Waals surface area contributed by atoms with E-state index in [2.05, 4.69) is 25.9 Å². The molecule has 0 amide bonds. The molecule has 6 heteroatoms.